The zero-order valence-electron chi connectivity index (χ0n) is 10.1. The van der Waals surface area contributed by atoms with E-state index in [0.29, 0.717) is 0 Å². The molecule has 0 saturated carbocycles. The van der Waals surface area contributed by atoms with Gasteiger partial charge in [-0.2, -0.15) is 0 Å². The Kier molecular flexibility index (Phi) is 3.88. The Morgan fingerprint density at radius 1 is 1.41 bits per heavy atom. The van der Waals surface area contributed by atoms with Crippen molar-refractivity contribution < 1.29 is 5.11 Å². The van der Waals surface area contributed by atoms with E-state index in [2.05, 4.69) is 26.8 Å². The van der Waals surface area contributed by atoms with Crippen molar-refractivity contribution in [3.05, 3.63) is 18.1 Å². The van der Waals surface area contributed by atoms with Crippen molar-refractivity contribution >= 4 is 5.82 Å². The number of hydrogen-bond donors (Lipinski definition) is 2. The van der Waals surface area contributed by atoms with Crippen molar-refractivity contribution in [2.24, 2.45) is 5.73 Å². The predicted molar refractivity (Wildman–Crippen MR) is 65.8 cm³/mol. The summed E-state index contributed by atoms with van der Waals surface area (Å²) in [4.78, 5) is 12.8. The molecule has 1 unspecified atom stereocenters. The summed E-state index contributed by atoms with van der Waals surface area (Å²) >= 11 is 0. The van der Waals surface area contributed by atoms with Crippen LogP contribution in [0, 0.1) is 0 Å². The number of aromatic nitrogens is 2. The van der Waals surface area contributed by atoms with Gasteiger partial charge in [0, 0.05) is 37.9 Å². The molecule has 1 aromatic rings. The molecule has 6 nitrogen and oxygen atoms in total. The van der Waals surface area contributed by atoms with Crippen LogP contribution in [-0.2, 0) is 0 Å². The molecule has 6 heteroatoms. The van der Waals surface area contributed by atoms with Gasteiger partial charge in [0.15, 0.2) is 0 Å². The molecule has 0 radical (unpaired) electrons. The maximum absolute atomic E-state index is 9.15. The summed E-state index contributed by atoms with van der Waals surface area (Å²) in [6.45, 7) is 3.79. The van der Waals surface area contributed by atoms with E-state index in [4.69, 9.17) is 10.8 Å². The summed E-state index contributed by atoms with van der Waals surface area (Å²) in [5.74, 6) is 0.856. The van der Waals surface area contributed by atoms with E-state index >= 15 is 0 Å². The van der Waals surface area contributed by atoms with Gasteiger partial charge in [0.1, 0.15) is 12.1 Å². The lowest BCUT2D eigenvalue weighted by molar-refractivity contribution is 0.267. The highest BCUT2D eigenvalue weighted by Gasteiger charge is 2.20. The fourth-order valence-electron chi connectivity index (χ4n) is 1.98. The van der Waals surface area contributed by atoms with Crippen LogP contribution in [0.4, 0.5) is 5.82 Å². The standard InChI is InChI=1S/C11H19N5O/c1-15-2-4-16(5-3-15)11-9(10(12)7-17)6-13-8-14-11/h6,8,10,17H,2-5,7,12H2,1H3. The van der Waals surface area contributed by atoms with Crippen LogP contribution in [0.3, 0.4) is 0 Å². The Balaban J connectivity index is 2.19. The highest BCUT2D eigenvalue weighted by Crippen LogP contribution is 2.22. The Hall–Kier alpha value is -1.24. The van der Waals surface area contributed by atoms with Crippen molar-refractivity contribution in [2.45, 2.75) is 6.04 Å². The van der Waals surface area contributed by atoms with Gasteiger partial charge in [0.05, 0.1) is 12.6 Å². The van der Waals surface area contributed by atoms with Gasteiger partial charge in [-0.1, -0.05) is 0 Å². The molecule has 17 heavy (non-hydrogen) atoms. The molecule has 0 aromatic carbocycles. The minimum Gasteiger partial charge on any atom is -0.394 e. The number of anilines is 1. The fourth-order valence-corrected chi connectivity index (χ4v) is 1.98. The van der Waals surface area contributed by atoms with Crippen molar-refractivity contribution in [2.75, 3.05) is 44.7 Å². The normalized spacial score (nSPS) is 19.4. The first-order chi connectivity index (χ1) is 8.22. The van der Waals surface area contributed by atoms with E-state index in [-0.39, 0.29) is 6.61 Å². The van der Waals surface area contributed by atoms with Gasteiger partial charge in [0.2, 0.25) is 0 Å². The minimum atomic E-state index is -0.411. The molecule has 1 fully saturated rings. The lowest BCUT2D eigenvalue weighted by Gasteiger charge is -2.34. The minimum absolute atomic E-state index is 0.0892. The van der Waals surface area contributed by atoms with Crippen LogP contribution < -0.4 is 10.6 Å². The molecule has 1 aromatic heterocycles. The maximum Gasteiger partial charge on any atom is 0.136 e. The molecule has 0 bridgehead atoms. The number of piperazine rings is 1. The molecule has 1 aliphatic rings. The molecule has 0 spiro atoms. The summed E-state index contributed by atoms with van der Waals surface area (Å²) in [5.41, 5.74) is 6.68. The molecular weight excluding hydrogens is 218 g/mol. The van der Waals surface area contributed by atoms with Crippen molar-refractivity contribution in [3.63, 3.8) is 0 Å². The molecule has 0 amide bonds. The largest absolute Gasteiger partial charge is 0.394 e. The Morgan fingerprint density at radius 3 is 2.76 bits per heavy atom. The van der Waals surface area contributed by atoms with E-state index in [0.717, 1.165) is 37.6 Å². The first-order valence-electron chi connectivity index (χ1n) is 5.82. The third-order valence-corrected chi connectivity index (χ3v) is 3.12. The maximum atomic E-state index is 9.15. The summed E-state index contributed by atoms with van der Waals surface area (Å²) < 4.78 is 0. The number of nitrogens with two attached hydrogens (primary N) is 1. The number of rotatable bonds is 3. The van der Waals surface area contributed by atoms with Gasteiger partial charge in [0.25, 0.3) is 0 Å². The van der Waals surface area contributed by atoms with Crippen LogP contribution in [0.5, 0.6) is 0 Å². The lowest BCUT2D eigenvalue weighted by Crippen LogP contribution is -2.45. The third-order valence-electron chi connectivity index (χ3n) is 3.12. The quantitative estimate of drug-likeness (QED) is 0.718. The van der Waals surface area contributed by atoms with Gasteiger partial charge in [-0.05, 0) is 7.05 Å². The van der Waals surface area contributed by atoms with Gasteiger partial charge >= 0.3 is 0 Å². The Morgan fingerprint density at radius 2 is 2.12 bits per heavy atom. The number of hydrogen-bond acceptors (Lipinski definition) is 6. The van der Waals surface area contributed by atoms with E-state index < -0.39 is 6.04 Å². The summed E-state index contributed by atoms with van der Waals surface area (Å²) in [6, 6.07) is -0.411. The third kappa shape index (κ3) is 2.71. The molecule has 3 N–H and O–H groups in total. The predicted octanol–water partition coefficient (Wildman–Crippen LogP) is -0.779. The second-order valence-corrected chi connectivity index (χ2v) is 4.38. The zero-order valence-corrected chi connectivity index (χ0v) is 10.1. The topological polar surface area (TPSA) is 78.5 Å². The average Bonchev–Trinajstić information content (AvgIpc) is 2.39. The summed E-state index contributed by atoms with van der Waals surface area (Å²) in [7, 11) is 2.11. The summed E-state index contributed by atoms with van der Waals surface area (Å²) in [6.07, 6.45) is 3.22. The molecule has 1 aliphatic heterocycles. The van der Waals surface area contributed by atoms with Crippen LogP contribution in [0.2, 0.25) is 0 Å². The average molecular weight is 237 g/mol. The monoisotopic (exact) mass is 237 g/mol. The zero-order chi connectivity index (χ0) is 12.3. The lowest BCUT2D eigenvalue weighted by atomic mass is 10.1. The SMILES string of the molecule is CN1CCN(c2ncncc2C(N)CO)CC1. The van der Waals surface area contributed by atoms with Crippen molar-refractivity contribution in [1.82, 2.24) is 14.9 Å². The van der Waals surface area contributed by atoms with Gasteiger partial charge in [-0.15, -0.1) is 0 Å². The van der Waals surface area contributed by atoms with E-state index in [1.165, 1.54) is 6.33 Å². The van der Waals surface area contributed by atoms with Gasteiger partial charge in [-0.25, -0.2) is 9.97 Å². The number of nitrogens with zero attached hydrogens (tertiary/aromatic N) is 4. The highest BCUT2D eigenvalue weighted by molar-refractivity contribution is 5.47. The van der Waals surface area contributed by atoms with E-state index in [9.17, 15) is 0 Å². The van der Waals surface area contributed by atoms with Crippen LogP contribution in [-0.4, -0.2) is 59.8 Å². The molecule has 2 heterocycles. The van der Waals surface area contributed by atoms with E-state index in [1.54, 1.807) is 6.20 Å². The molecule has 0 aliphatic carbocycles. The van der Waals surface area contributed by atoms with Crippen LogP contribution in [0.15, 0.2) is 12.5 Å². The van der Waals surface area contributed by atoms with Crippen molar-refractivity contribution in [1.29, 1.82) is 0 Å². The number of aliphatic hydroxyl groups is 1. The number of aliphatic hydroxyl groups excluding tert-OH is 1. The van der Waals surface area contributed by atoms with Gasteiger partial charge in [-0.3, -0.25) is 0 Å². The first kappa shape index (κ1) is 12.2. The molecule has 1 atom stereocenters. The smallest absolute Gasteiger partial charge is 0.136 e. The molecular formula is C11H19N5O. The molecule has 94 valence electrons. The molecule has 2 rings (SSSR count). The first-order valence-corrected chi connectivity index (χ1v) is 5.82. The van der Waals surface area contributed by atoms with Gasteiger partial charge < -0.3 is 20.6 Å². The Labute approximate surface area is 101 Å². The second-order valence-electron chi connectivity index (χ2n) is 4.38. The highest BCUT2D eigenvalue weighted by atomic mass is 16.3. The van der Waals surface area contributed by atoms with Crippen LogP contribution in [0.1, 0.15) is 11.6 Å². The molecule has 1 saturated heterocycles. The van der Waals surface area contributed by atoms with Crippen LogP contribution in [0.25, 0.3) is 0 Å². The van der Waals surface area contributed by atoms with E-state index in [1.807, 2.05) is 0 Å². The number of likely N-dealkylation sites (N-methyl/N-ethyl adjacent to an activating group) is 1. The fraction of sp³-hybridized carbons (Fsp3) is 0.636. The Bertz CT molecular complexity index is 365. The van der Waals surface area contributed by atoms with Crippen molar-refractivity contribution in [3.8, 4) is 0 Å². The van der Waals surface area contributed by atoms with Crippen LogP contribution >= 0.6 is 0 Å². The second kappa shape index (κ2) is 5.39. The summed E-state index contributed by atoms with van der Waals surface area (Å²) in [5, 5.41) is 9.15.